The number of hydrogen-bond acceptors (Lipinski definition) is 4. The van der Waals surface area contributed by atoms with Crippen molar-refractivity contribution in [2.45, 2.75) is 38.2 Å². The zero-order valence-electron chi connectivity index (χ0n) is 43.6. The van der Waals surface area contributed by atoms with Gasteiger partial charge in [0.1, 0.15) is 11.4 Å². The van der Waals surface area contributed by atoms with Crippen molar-refractivity contribution in [2.75, 3.05) is 0 Å². The zero-order chi connectivity index (χ0) is 52.1. The molecule has 0 bridgehead atoms. The van der Waals surface area contributed by atoms with E-state index in [1.54, 1.807) is 0 Å². The normalized spacial score (nSPS) is 15.5. The minimum atomic E-state index is -0.497. The maximum Gasteiger partial charge on any atom is 0.164 e. The average Bonchev–Trinajstić information content (AvgIpc) is 4.31. The second-order valence-corrected chi connectivity index (χ2v) is 21.3. The van der Waals surface area contributed by atoms with Gasteiger partial charge in [-0.05, 0) is 147 Å². The smallest absolute Gasteiger partial charge is 0.164 e. The van der Waals surface area contributed by atoms with Crippen molar-refractivity contribution in [3.8, 4) is 90.1 Å². The van der Waals surface area contributed by atoms with Gasteiger partial charge in [-0.25, -0.2) is 15.0 Å². The molecule has 3 aliphatic carbocycles. The average molecular weight is 1000 g/mol. The number of aromatic nitrogens is 4. The van der Waals surface area contributed by atoms with Crippen molar-refractivity contribution in [3.63, 3.8) is 0 Å². The first-order valence-corrected chi connectivity index (χ1v) is 27.0. The van der Waals surface area contributed by atoms with Crippen molar-refractivity contribution in [2.24, 2.45) is 0 Å². The first kappa shape index (κ1) is 45.7. The molecule has 5 nitrogen and oxygen atoms in total. The summed E-state index contributed by atoms with van der Waals surface area (Å²) in [5.74, 6) is 2.86. The highest BCUT2D eigenvalue weighted by atomic mass is 16.5. The zero-order valence-corrected chi connectivity index (χ0v) is 43.6. The Morgan fingerprint density at radius 2 is 0.949 bits per heavy atom. The van der Waals surface area contributed by atoms with Gasteiger partial charge in [0.2, 0.25) is 0 Å². The maximum atomic E-state index is 7.07. The number of hydrogen-bond donors (Lipinski definition) is 0. The topological polar surface area (TPSA) is 52.8 Å². The summed E-state index contributed by atoms with van der Waals surface area (Å²) in [7, 11) is 0. The maximum absolute atomic E-state index is 7.07. The van der Waals surface area contributed by atoms with Crippen LogP contribution in [0.2, 0.25) is 0 Å². The number of aryl methyl sites for hydroxylation is 1. The predicted molar refractivity (Wildman–Crippen MR) is 319 cm³/mol. The molecule has 3 aliphatic rings. The first-order chi connectivity index (χ1) is 38.3. The molecule has 0 radical (unpaired) electrons. The molecular weight excluding hydrogens is 949 g/mol. The van der Waals surface area contributed by atoms with E-state index in [2.05, 4.69) is 213 Å². The van der Waals surface area contributed by atoms with Crippen molar-refractivity contribution in [1.29, 1.82) is 0 Å². The summed E-state index contributed by atoms with van der Waals surface area (Å²) in [6.07, 6.45) is 7.37. The molecule has 1 atom stereocenters. The van der Waals surface area contributed by atoms with Crippen LogP contribution < -0.4 is 4.74 Å². The Labute approximate surface area is 454 Å². The van der Waals surface area contributed by atoms with Crippen LogP contribution in [0.5, 0.6) is 5.75 Å². The van der Waals surface area contributed by atoms with E-state index in [9.17, 15) is 0 Å². The second kappa shape index (κ2) is 17.7. The fourth-order valence-corrected chi connectivity index (χ4v) is 12.8. The molecule has 5 heteroatoms. The lowest BCUT2D eigenvalue weighted by molar-refractivity contribution is 0.128. The van der Waals surface area contributed by atoms with E-state index in [0.717, 1.165) is 62.3 Å². The lowest BCUT2D eigenvalue weighted by Gasteiger charge is -2.34. The van der Waals surface area contributed by atoms with Gasteiger partial charge in [-0.15, -0.1) is 0 Å². The van der Waals surface area contributed by atoms with Gasteiger partial charge in [-0.3, -0.25) is 0 Å². The van der Waals surface area contributed by atoms with Gasteiger partial charge in [0.15, 0.2) is 17.5 Å². The molecule has 12 aromatic rings. The number of nitrogens with zero attached hydrogens (tertiary/aromatic N) is 4. The SMILES string of the molecule is CC1=CC=CCC1(C)Oc1cc2c(cc1C)C1(c3ccccc3-c3ccccc31)c1cc(-c3ccc4c(c3)c3ccccc3n4-c3ccc(-c4cccc(-c5nc(-c6ccccc6)nc(-c6ccccc6)n5)c4)cc3)ccc1-2. The minimum absolute atomic E-state index is 0.415. The summed E-state index contributed by atoms with van der Waals surface area (Å²) in [6, 6.07) is 83.5. The molecule has 0 amide bonds. The molecule has 370 valence electrons. The molecule has 0 saturated heterocycles. The van der Waals surface area contributed by atoms with Crippen molar-refractivity contribution in [1.82, 2.24) is 19.5 Å². The molecule has 15 rings (SSSR count). The van der Waals surface area contributed by atoms with E-state index in [4.69, 9.17) is 19.7 Å². The van der Waals surface area contributed by atoms with Crippen LogP contribution in [0.3, 0.4) is 0 Å². The van der Waals surface area contributed by atoms with Crippen LogP contribution in [0.1, 0.15) is 48.1 Å². The van der Waals surface area contributed by atoms with Crippen LogP contribution in [0, 0.1) is 6.92 Å². The third-order valence-corrected chi connectivity index (χ3v) is 16.8. The number of allylic oxidation sites excluding steroid dienone is 2. The molecule has 0 aliphatic heterocycles. The summed E-state index contributed by atoms with van der Waals surface area (Å²) in [6.45, 7) is 6.61. The number of para-hydroxylation sites is 1. The number of benzene rings is 10. The van der Waals surface area contributed by atoms with Crippen molar-refractivity contribution in [3.05, 3.63) is 282 Å². The van der Waals surface area contributed by atoms with Crippen LogP contribution in [0.4, 0.5) is 0 Å². The highest BCUT2D eigenvalue weighted by Gasteiger charge is 2.52. The van der Waals surface area contributed by atoms with Crippen LogP contribution in [-0.2, 0) is 5.41 Å². The van der Waals surface area contributed by atoms with Crippen LogP contribution in [0.15, 0.2) is 254 Å². The summed E-state index contributed by atoms with van der Waals surface area (Å²) in [4.78, 5) is 14.9. The summed E-state index contributed by atoms with van der Waals surface area (Å²) < 4.78 is 9.47. The van der Waals surface area contributed by atoms with Crippen LogP contribution in [0.25, 0.3) is 106 Å². The lowest BCUT2D eigenvalue weighted by atomic mass is 9.70. The Hall–Kier alpha value is -9.71. The molecule has 10 aromatic carbocycles. The third kappa shape index (κ3) is 7.04. The minimum Gasteiger partial charge on any atom is -0.483 e. The number of fused-ring (bicyclic) bond motifs is 13. The Morgan fingerprint density at radius 1 is 0.410 bits per heavy atom. The summed E-state index contributed by atoms with van der Waals surface area (Å²) >= 11 is 0. The summed E-state index contributed by atoms with van der Waals surface area (Å²) in [5, 5.41) is 2.43. The van der Waals surface area contributed by atoms with Gasteiger partial charge in [0, 0.05) is 39.6 Å². The highest BCUT2D eigenvalue weighted by molar-refractivity contribution is 6.10. The van der Waals surface area contributed by atoms with E-state index in [-0.39, 0.29) is 0 Å². The fourth-order valence-electron chi connectivity index (χ4n) is 12.8. The highest BCUT2D eigenvalue weighted by Crippen LogP contribution is 2.64. The van der Waals surface area contributed by atoms with Crippen molar-refractivity contribution >= 4 is 21.8 Å². The molecule has 78 heavy (non-hydrogen) atoms. The molecular formula is C73H52N4O. The predicted octanol–water partition coefficient (Wildman–Crippen LogP) is 18.0. The largest absolute Gasteiger partial charge is 0.483 e. The molecule has 0 fully saturated rings. The summed E-state index contributed by atoms with van der Waals surface area (Å²) in [5.41, 5.74) is 22.6. The molecule has 2 aromatic heterocycles. The van der Waals surface area contributed by atoms with E-state index in [1.165, 1.54) is 72.0 Å². The Morgan fingerprint density at radius 3 is 1.65 bits per heavy atom. The number of rotatable bonds is 8. The van der Waals surface area contributed by atoms with Gasteiger partial charge in [-0.2, -0.15) is 0 Å². The quantitative estimate of drug-likeness (QED) is 0.152. The standard InChI is InChI=1S/C73H52N4O/c1-46-41-64-60(45-68(46)78-72(3)40-17-16-19-47(72)2)58-38-34-53(44-65(58)73(64)62-29-13-10-26-56(62)57-27-11-14-30-63(57)73)52-35-39-67-61(43-52)59-28-12-15-31-66(59)77(67)55-36-32-48(33-37-55)51-24-18-25-54(42-51)71-75-69(49-20-6-4-7-21-49)74-70(76-71)50-22-8-5-9-23-50/h4-39,41-45H,40H2,1-3H3. The van der Waals surface area contributed by atoms with E-state index < -0.39 is 11.0 Å². The lowest BCUT2D eigenvalue weighted by Crippen LogP contribution is -2.34. The Balaban J connectivity index is 0.814. The van der Waals surface area contributed by atoms with Gasteiger partial charge in [-0.1, -0.05) is 200 Å². The van der Waals surface area contributed by atoms with Gasteiger partial charge in [0.05, 0.1) is 16.4 Å². The van der Waals surface area contributed by atoms with Crippen LogP contribution >= 0.6 is 0 Å². The third-order valence-electron chi connectivity index (χ3n) is 16.8. The van der Waals surface area contributed by atoms with E-state index in [1.807, 2.05) is 60.7 Å². The molecule has 1 spiro atoms. The number of ether oxygens (including phenoxy) is 1. The molecule has 2 heterocycles. The molecule has 0 saturated carbocycles. The second-order valence-electron chi connectivity index (χ2n) is 21.3. The molecule has 1 unspecified atom stereocenters. The van der Waals surface area contributed by atoms with Gasteiger partial charge >= 0.3 is 0 Å². The Kier molecular flexibility index (Phi) is 10.4. The van der Waals surface area contributed by atoms with E-state index >= 15 is 0 Å². The van der Waals surface area contributed by atoms with Gasteiger partial charge in [0.25, 0.3) is 0 Å². The van der Waals surface area contributed by atoms with Crippen molar-refractivity contribution < 1.29 is 4.74 Å². The fraction of sp³-hybridized carbons (Fsp3) is 0.0822. The van der Waals surface area contributed by atoms with Crippen LogP contribution in [-0.4, -0.2) is 25.1 Å². The molecule has 0 N–H and O–H groups in total. The Bertz CT molecular complexity index is 4370. The first-order valence-electron chi connectivity index (χ1n) is 27.0. The van der Waals surface area contributed by atoms with Gasteiger partial charge < -0.3 is 9.30 Å². The van der Waals surface area contributed by atoms with E-state index in [0.29, 0.717) is 17.5 Å². The monoisotopic (exact) mass is 1000 g/mol.